The fraction of sp³-hybridized carbons (Fsp3) is 0.357. The normalized spacial score (nSPS) is 12.2. The number of aryl methyl sites for hydroxylation is 2. The van der Waals surface area contributed by atoms with Crippen LogP contribution in [0.25, 0.3) is 10.9 Å². The van der Waals surface area contributed by atoms with Gasteiger partial charge in [-0.3, -0.25) is 4.79 Å². The van der Waals surface area contributed by atoms with Crippen LogP contribution in [-0.2, 0) is 16.8 Å². The van der Waals surface area contributed by atoms with Crippen molar-refractivity contribution in [2.24, 2.45) is 0 Å². The molecule has 0 saturated carbocycles. The summed E-state index contributed by atoms with van der Waals surface area (Å²) in [6.07, 6.45) is 0. The van der Waals surface area contributed by atoms with E-state index >= 15 is 0 Å². The quantitative estimate of drug-likeness (QED) is 0.885. The number of nitrogens with one attached hydrogen (secondary N) is 2. The molecule has 6 nitrogen and oxygen atoms in total. The zero-order chi connectivity index (χ0) is 15.8. The number of aromatic amines is 1. The Morgan fingerprint density at radius 3 is 2.38 bits per heavy atom. The van der Waals surface area contributed by atoms with Crippen LogP contribution in [0.3, 0.4) is 0 Å². The summed E-state index contributed by atoms with van der Waals surface area (Å²) in [6.45, 7) is 3.93. The lowest BCUT2D eigenvalue weighted by Gasteiger charge is -2.12. The lowest BCUT2D eigenvalue weighted by atomic mass is 10.1. The predicted molar refractivity (Wildman–Crippen MR) is 83.5 cm³/mol. The first kappa shape index (κ1) is 15.7. The summed E-state index contributed by atoms with van der Waals surface area (Å²) in [5.41, 5.74) is 3.07. The molecule has 0 spiro atoms. The Balaban J connectivity index is 2.40. The van der Waals surface area contributed by atoms with Crippen LogP contribution in [0.5, 0.6) is 0 Å². The van der Waals surface area contributed by atoms with Gasteiger partial charge in [-0.1, -0.05) is 0 Å². The van der Waals surface area contributed by atoms with Gasteiger partial charge in [0.2, 0.25) is 0 Å². The fourth-order valence-electron chi connectivity index (χ4n) is 1.95. The summed E-state index contributed by atoms with van der Waals surface area (Å²) in [6, 6.07) is 5.61. The largest absolute Gasteiger partial charge is 0.322 e. The summed E-state index contributed by atoms with van der Waals surface area (Å²) in [7, 11) is -0.691. The van der Waals surface area contributed by atoms with E-state index in [2.05, 4.69) is 9.71 Å². The molecule has 0 atom stereocenters. The van der Waals surface area contributed by atoms with Gasteiger partial charge in [0.15, 0.2) is 0 Å². The summed E-state index contributed by atoms with van der Waals surface area (Å²) in [5.74, 6) is 0. The molecule has 21 heavy (non-hydrogen) atoms. The van der Waals surface area contributed by atoms with Crippen LogP contribution in [-0.4, -0.2) is 31.8 Å². The van der Waals surface area contributed by atoms with Gasteiger partial charge in [0.05, 0.1) is 0 Å². The second kappa shape index (κ2) is 5.59. The number of H-pyrrole nitrogens is 1. The van der Waals surface area contributed by atoms with Gasteiger partial charge in [-0.05, 0) is 48.6 Å². The number of benzene rings is 1. The molecule has 114 valence electrons. The molecule has 2 N–H and O–H groups in total. The molecule has 0 bridgehead atoms. The van der Waals surface area contributed by atoms with Crippen LogP contribution in [0, 0.1) is 13.8 Å². The Kier molecular flexibility index (Phi) is 4.18. The SMILES string of the molecule is Cc1cc2cc(CNS(=O)(=O)N(C)C)c(=O)[nH]c2cc1C. The summed E-state index contributed by atoms with van der Waals surface area (Å²) in [5, 5.41) is 0.886. The zero-order valence-corrected chi connectivity index (χ0v) is 13.3. The highest BCUT2D eigenvalue weighted by Crippen LogP contribution is 2.17. The average Bonchev–Trinajstić information content (AvgIpc) is 2.38. The Labute approximate surface area is 124 Å². The maximum atomic E-state index is 12.0. The van der Waals surface area contributed by atoms with Gasteiger partial charge in [-0.25, -0.2) is 0 Å². The Morgan fingerprint density at radius 2 is 1.76 bits per heavy atom. The van der Waals surface area contributed by atoms with Crippen molar-refractivity contribution in [3.8, 4) is 0 Å². The van der Waals surface area contributed by atoms with E-state index in [9.17, 15) is 13.2 Å². The van der Waals surface area contributed by atoms with Crippen molar-refractivity contribution >= 4 is 21.1 Å². The van der Waals surface area contributed by atoms with Crippen molar-refractivity contribution in [3.63, 3.8) is 0 Å². The number of fused-ring (bicyclic) bond motifs is 1. The first-order valence-corrected chi connectivity index (χ1v) is 7.95. The topological polar surface area (TPSA) is 82.3 Å². The minimum absolute atomic E-state index is 0.0429. The second-order valence-electron chi connectivity index (χ2n) is 5.26. The van der Waals surface area contributed by atoms with Gasteiger partial charge in [0.25, 0.3) is 15.8 Å². The maximum absolute atomic E-state index is 12.0. The van der Waals surface area contributed by atoms with Gasteiger partial charge in [-0.2, -0.15) is 17.4 Å². The molecule has 7 heteroatoms. The molecule has 0 radical (unpaired) electrons. The van der Waals surface area contributed by atoms with Gasteiger partial charge < -0.3 is 4.98 Å². The third-order valence-corrected chi connectivity index (χ3v) is 4.93. The lowest BCUT2D eigenvalue weighted by Crippen LogP contribution is -2.36. The highest BCUT2D eigenvalue weighted by molar-refractivity contribution is 7.87. The van der Waals surface area contributed by atoms with Crippen LogP contribution in [0.4, 0.5) is 0 Å². The van der Waals surface area contributed by atoms with Crippen molar-refractivity contribution in [2.45, 2.75) is 20.4 Å². The third-order valence-electron chi connectivity index (χ3n) is 3.46. The Morgan fingerprint density at radius 1 is 1.14 bits per heavy atom. The van der Waals surface area contributed by atoms with E-state index in [1.807, 2.05) is 26.0 Å². The molecular formula is C14H19N3O3S. The average molecular weight is 309 g/mol. The molecule has 0 amide bonds. The second-order valence-corrected chi connectivity index (χ2v) is 7.23. The van der Waals surface area contributed by atoms with Crippen LogP contribution in [0.1, 0.15) is 16.7 Å². The molecular weight excluding hydrogens is 290 g/mol. The minimum atomic E-state index is -3.55. The van der Waals surface area contributed by atoms with Crippen LogP contribution >= 0.6 is 0 Å². The van der Waals surface area contributed by atoms with Gasteiger partial charge in [0, 0.05) is 31.7 Å². The predicted octanol–water partition coefficient (Wildman–Crippen LogP) is 1.04. The number of hydrogen-bond donors (Lipinski definition) is 2. The highest BCUT2D eigenvalue weighted by Gasteiger charge is 2.13. The zero-order valence-electron chi connectivity index (χ0n) is 12.5. The molecule has 2 rings (SSSR count). The molecule has 0 aliphatic rings. The van der Waals surface area contributed by atoms with E-state index in [0.29, 0.717) is 5.56 Å². The Bertz CT molecular complexity index is 838. The lowest BCUT2D eigenvalue weighted by molar-refractivity contribution is 0.505. The first-order valence-electron chi connectivity index (χ1n) is 6.51. The molecule has 2 aromatic rings. The number of pyridine rings is 1. The van der Waals surface area contributed by atoms with Crippen LogP contribution in [0.2, 0.25) is 0 Å². The van der Waals surface area contributed by atoms with Crippen molar-refractivity contribution in [1.82, 2.24) is 14.0 Å². The van der Waals surface area contributed by atoms with E-state index in [4.69, 9.17) is 0 Å². The van der Waals surface area contributed by atoms with Crippen molar-refractivity contribution in [2.75, 3.05) is 14.1 Å². The van der Waals surface area contributed by atoms with Crippen molar-refractivity contribution in [3.05, 3.63) is 45.2 Å². The standard InChI is InChI=1S/C14H19N3O3S/c1-9-5-11-7-12(8-15-21(19,20)17(3)4)14(18)16-13(11)6-10(9)2/h5-7,15H,8H2,1-4H3,(H,16,18). The molecule has 1 aromatic carbocycles. The number of rotatable bonds is 4. The minimum Gasteiger partial charge on any atom is -0.322 e. The fourth-order valence-corrected chi connectivity index (χ4v) is 2.55. The van der Waals surface area contributed by atoms with Crippen molar-refractivity contribution < 1.29 is 8.42 Å². The smallest absolute Gasteiger partial charge is 0.279 e. The van der Waals surface area contributed by atoms with Gasteiger partial charge >= 0.3 is 0 Å². The molecule has 0 aliphatic heterocycles. The molecule has 0 saturated heterocycles. The molecule has 0 unspecified atom stereocenters. The van der Waals surface area contributed by atoms with Gasteiger partial charge in [-0.15, -0.1) is 0 Å². The molecule has 0 fully saturated rings. The van der Waals surface area contributed by atoms with E-state index < -0.39 is 10.2 Å². The van der Waals surface area contributed by atoms with Crippen LogP contribution in [0.15, 0.2) is 23.0 Å². The monoisotopic (exact) mass is 309 g/mol. The summed E-state index contributed by atoms with van der Waals surface area (Å²) < 4.78 is 26.8. The van der Waals surface area contributed by atoms with E-state index in [1.165, 1.54) is 14.1 Å². The van der Waals surface area contributed by atoms with E-state index in [1.54, 1.807) is 6.07 Å². The number of nitrogens with zero attached hydrogens (tertiary/aromatic N) is 1. The van der Waals surface area contributed by atoms with Crippen LogP contribution < -0.4 is 10.3 Å². The van der Waals surface area contributed by atoms with Gasteiger partial charge in [0.1, 0.15) is 0 Å². The third kappa shape index (κ3) is 3.31. The van der Waals surface area contributed by atoms with Crippen molar-refractivity contribution in [1.29, 1.82) is 0 Å². The molecule has 1 aromatic heterocycles. The molecule has 1 heterocycles. The van der Waals surface area contributed by atoms with E-state index in [-0.39, 0.29) is 12.1 Å². The number of hydrogen-bond acceptors (Lipinski definition) is 3. The van der Waals surface area contributed by atoms with E-state index in [0.717, 1.165) is 26.3 Å². The number of aromatic nitrogens is 1. The Hall–Kier alpha value is -1.70. The summed E-state index contributed by atoms with van der Waals surface area (Å²) in [4.78, 5) is 14.8. The molecule has 0 aliphatic carbocycles. The first-order chi connectivity index (χ1) is 9.70. The maximum Gasteiger partial charge on any atom is 0.279 e. The highest BCUT2D eigenvalue weighted by atomic mass is 32.2. The summed E-state index contributed by atoms with van der Waals surface area (Å²) >= 11 is 0.